The minimum Gasteiger partial charge on any atom is -0.493 e. The summed E-state index contributed by atoms with van der Waals surface area (Å²) in [5, 5.41) is 8.05. The van der Waals surface area contributed by atoms with Gasteiger partial charge in [0.05, 0.1) is 12.2 Å². The molecule has 0 saturated carbocycles. The molecule has 1 unspecified atom stereocenters. The molecule has 1 rings (SSSR count). The van der Waals surface area contributed by atoms with E-state index in [1.54, 1.807) is 19.1 Å². The summed E-state index contributed by atoms with van der Waals surface area (Å²) in [6, 6.07) is 4.56. The molecule has 0 saturated heterocycles. The van der Waals surface area contributed by atoms with Crippen molar-refractivity contribution in [1.29, 1.82) is 0 Å². The van der Waals surface area contributed by atoms with E-state index in [0.717, 1.165) is 0 Å². The van der Waals surface area contributed by atoms with Gasteiger partial charge in [0.15, 0.2) is 5.78 Å². The second kappa shape index (κ2) is 5.68. The molecule has 17 heavy (non-hydrogen) atoms. The highest BCUT2D eigenvalue weighted by molar-refractivity contribution is 6.31. The predicted molar refractivity (Wildman–Crippen MR) is 63.8 cm³/mol. The summed E-state index contributed by atoms with van der Waals surface area (Å²) in [7, 11) is 0. The van der Waals surface area contributed by atoms with Crippen LogP contribution >= 0.6 is 11.6 Å². The van der Waals surface area contributed by atoms with Crippen LogP contribution in [0.1, 0.15) is 35.1 Å². The smallest absolute Gasteiger partial charge is 0.336 e. The molecular weight excluding hydrogens is 244 g/mol. The monoisotopic (exact) mass is 256 g/mol. The first kappa shape index (κ1) is 13.5. The SMILES string of the molecule is CCOc1cccc(C(=O)O)c1C(Cl)C(C)=O. The Morgan fingerprint density at radius 3 is 2.59 bits per heavy atom. The van der Waals surface area contributed by atoms with Crippen LogP contribution in [0.5, 0.6) is 5.75 Å². The number of carboxylic acid groups (broad SMARTS) is 1. The lowest BCUT2D eigenvalue weighted by atomic mass is 10.0. The Bertz CT molecular complexity index is 442. The number of ketones is 1. The molecule has 0 amide bonds. The van der Waals surface area contributed by atoms with Gasteiger partial charge >= 0.3 is 5.97 Å². The third-order valence-corrected chi connectivity index (χ3v) is 2.73. The van der Waals surface area contributed by atoms with Gasteiger partial charge in [-0.3, -0.25) is 4.79 Å². The van der Waals surface area contributed by atoms with Crippen LogP contribution in [0.2, 0.25) is 0 Å². The number of alkyl halides is 1. The highest BCUT2D eigenvalue weighted by Crippen LogP contribution is 2.33. The molecule has 4 nitrogen and oxygen atoms in total. The van der Waals surface area contributed by atoms with Crippen molar-refractivity contribution in [2.24, 2.45) is 0 Å². The van der Waals surface area contributed by atoms with Gasteiger partial charge in [-0.2, -0.15) is 0 Å². The van der Waals surface area contributed by atoms with Gasteiger partial charge in [0.1, 0.15) is 11.1 Å². The second-order valence-electron chi connectivity index (χ2n) is 3.43. The fourth-order valence-electron chi connectivity index (χ4n) is 1.48. The molecule has 5 heteroatoms. The molecule has 1 atom stereocenters. The van der Waals surface area contributed by atoms with Crippen LogP contribution in [-0.2, 0) is 4.79 Å². The maximum absolute atomic E-state index is 11.3. The van der Waals surface area contributed by atoms with E-state index in [-0.39, 0.29) is 16.9 Å². The van der Waals surface area contributed by atoms with E-state index in [1.807, 2.05) is 0 Å². The Balaban J connectivity index is 3.37. The zero-order valence-electron chi connectivity index (χ0n) is 9.57. The van der Waals surface area contributed by atoms with Gasteiger partial charge < -0.3 is 9.84 Å². The Hall–Kier alpha value is -1.55. The van der Waals surface area contributed by atoms with Crippen molar-refractivity contribution >= 4 is 23.4 Å². The van der Waals surface area contributed by atoms with Gasteiger partial charge in [-0.1, -0.05) is 6.07 Å². The van der Waals surface area contributed by atoms with Crippen molar-refractivity contribution < 1.29 is 19.4 Å². The highest BCUT2D eigenvalue weighted by Gasteiger charge is 2.24. The average molecular weight is 257 g/mol. The van der Waals surface area contributed by atoms with E-state index in [2.05, 4.69) is 0 Å². The normalized spacial score (nSPS) is 11.9. The number of aromatic carboxylic acids is 1. The number of carboxylic acids is 1. The summed E-state index contributed by atoms with van der Waals surface area (Å²) >= 11 is 5.94. The molecular formula is C12H13ClO4. The lowest BCUT2D eigenvalue weighted by Gasteiger charge is -2.15. The summed E-state index contributed by atoms with van der Waals surface area (Å²) in [6.07, 6.45) is 0. The first-order valence-corrected chi connectivity index (χ1v) is 5.56. The molecule has 1 aromatic carbocycles. The zero-order valence-corrected chi connectivity index (χ0v) is 10.3. The summed E-state index contributed by atoms with van der Waals surface area (Å²) in [5.74, 6) is -1.11. The lowest BCUT2D eigenvalue weighted by Crippen LogP contribution is -2.11. The van der Waals surface area contributed by atoms with Crippen LogP contribution in [0.25, 0.3) is 0 Å². The molecule has 0 aliphatic heterocycles. The Labute approximate surface area is 104 Å². The van der Waals surface area contributed by atoms with Crippen molar-refractivity contribution in [3.63, 3.8) is 0 Å². The van der Waals surface area contributed by atoms with Crippen LogP contribution in [0, 0.1) is 0 Å². The minimum atomic E-state index is -1.13. The first-order chi connectivity index (χ1) is 7.99. The molecule has 0 radical (unpaired) electrons. The molecule has 0 fully saturated rings. The van der Waals surface area contributed by atoms with Gasteiger partial charge in [-0.25, -0.2) is 4.79 Å². The summed E-state index contributed by atoms with van der Waals surface area (Å²) in [6.45, 7) is 3.46. The number of halogens is 1. The van der Waals surface area contributed by atoms with Gasteiger partial charge in [-0.15, -0.1) is 11.6 Å². The Morgan fingerprint density at radius 2 is 2.12 bits per heavy atom. The van der Waals surface area contributed by atoms with E-state index < -0.39 is 11.3 Å². The number of Topliss-reactive ketones (excluding diaryl/α,β-unsaturated/α-hetero) is 1. The van der Waals surface area contributed by atoms with Gasteiger partial charge in [0.25, 0.3) is 0 Å². The molecule has 0 aromatic heterocycles. The third kappa shape index (κ3) is 2.97. The van der Waals surface area contributed by atoms with Crippen LogP contribution in [0.3, 0.4) is 0 Å². The first-order valence-electron chi connectivity index (χ1n) is 5.12. The fourth-order valence-corrected chi connectivity index (χ4v) is 1.70. The molecule has 1 aromatic rings. The predicted octanol–water partition coefficient (Wildman–Crippen LogP) is 2.65. The van der Waals surface area contributed by atoms with Crippen LogP contribution in [-0.4, -0.2) is 23.5 Å². The van der Waals surface area contributed by atoms with Crippen molar-refractivity contribution in [1.82, 2.24) is 0 Å². The van der Waals surface area contributed by atoms with Gasteiger partial charge in [0, 0.05) is 5.56 Å². The van der Waals surface area contributed by atoms with Crippen molar-refractivity contribution in [3.8, 4) is 5.75 Å². The topological polar surface area (TPSA) is 63.6 Å². The maximum atomic E-state index is 11.3. The van der Waals surface area contributed by atoms with Crippen LogP contribution in [0.4, 0.5) is 0 Å². The maximum Gasteiger partial charge on any atom is 0.336 e. The van der Waals surface area contributed by atoms with Crippen molar-refractivity contribution in [3.05, 3.63) is 29.3 Å². The molecule has 0 aliphatic carbocycles. The largest absolute Gasteiger partial charge is 0.493 e. The Kier molecular flexibility index (Phi) is 4.52. The van der Waals surface area contributed by atoms with E-state index >= 15 is 0 Å². The summed E-state index contributed by atoms with van der Waals surface area (Å²) in [4.78, 5) is 22.4. The summed E-state index contributed by atoms with van der Waals surface area (Å²) < 4.78 is 5.30. The van der Waals surface area contributed by atoms with E-state index in [9.17, 15) is 9.59 Å². The number of hydrogen-bond acceptors (Lipinski definition) is 3. The van der Waals surface area contributed by atoms with E-state index in [1.165, 1.54) is 13.0 Å². The van der Waals surface area contributed by atoms with Gasteiger partial charge in [-0.05, 0) is 26.0 Å². The third-order valence-electron chi connectivity index (χ3n) is 2.21. The number of carbonyl (C=O) groups is 2. The van der Waals surface area contributed by atoms with Crippen LogP contribution < -0.4 is 4.74 Å². The fraction of sp³-hybridized carbons (Fsp3) is 0.333. The number of rotatable bonds is 5. The average Bonchev–Trinajstić information content (AvgIpc) is 2.28. The standard InChI is InChI=1S/C12H13ClO4/c1-3-17-9-6-4-5-8(12(15)16)10(9)11(13)7(2)14/h4-6,11H,3H2,1-2H3,(H,15,16). The number of hydrogen-bond donors (Lipinski definition) is 1. The highest BCUT2D eigenvalue weighted by atomic mass is 35.5. The summed E-state index contributed by atoms with van der Waals surface area (Å²) in [5.41, 5.74) is 0.210. The molecule has 0 bridgehead atoms. The van der Waals surface area contributed by atoms with E-state index in [0.29, 0.717) is 12.4 Å². The zero-order chi connectivity index (χ0) is 13.0. The minimum absolute atomic E-state index is 0.00819. The molecule has 1 N–H and O–H groups in total. The van der Waals surface area contributed by atoms with Crippen molar-refractivity contribution in [2.45, 2.75) is 19.2 Å². The number of carbonyl (C=O) groups excluding carboxylic acids is 1. The van der Waals surface area contributed by atoms with E-state index in [4.69, 9.17) is 21.4 Å². The quantitative estimate of drug-likeness (QED) is 0.823. The Morgan fingerprint density at radius 1 is 1.47 bits per heavy atom. The van der Waals surface area contributed by atoms with Gasteiger partial charge in [0.2, 0.25) is 0 Å². The van der Waals surface area contributed by atoms with Crippen molar-refractivity contribution in [2.75, 3.05) is 6.61 Å². The lowest BCUT2D eigenvalue weighted by molar-refractivity contribution is -0.116. The second-order valence-corrected chi connectivity index (χ2v) is 3.87. The van der Waals surface area contributed by atoms with Crippen LogP contribution in [0.15, 0.2) is 18.2 Å². The number of ether oxygens (including phenoxy) is 1. The molecule has 92 valence electrons. The molecule has 0 spiro atoms. The number of benzene rings is 1. The molecule has 0 aliphatic rings. The molecule has 0 heterocycles.